The first-order valence-corrected chi connectivity index (χ1v) is 9.14. The van der Waals surface area contributed by atoms with Gasteiger partial charge < -0.3 is 15.8 Å². The van der Waals surface area contributed by atoms with E-state index in [0.29, 0.717) is 15.6 Å². The van der Waals surface area contributed by atoms with Crippen molar-refractivity contribution < 1.29 is 18.3 Å². The zero-order chi connectivity index (χ0) is 21.0. The minimum atomic E-state index is -0.749. The third kappa shape index (κ3) is 4.93. The van der Waals surface area contributed by atoms with E-state index in [4.69, 9.17) is 33.7 Å². The number of nitrogen functional groups attached to an aromatic ring is 1. The summed E-state index contributed by atoms with van der Waals surface area (Å²) in [4.78, 5) is 16.3. The molecule has 0 saturated carbocycles. The van der Waals surface area contributed by atoms with Crippen molar-refractivity contribution in [1.82, 2.24) is 10.3 Å². The van der Waals surface area contributed by atoms with E-state index >= 15 is 0 Å². The summed E-state index contributed by atoms with van der Waals surface area (Å²) >= 11 is 12.2. The number of amides is 1. The second-order valence-corrected chi connectivity index (χ2v) is 6.79. The first-order valence-electron chi connectivity index (χ1n) is 8.39. The molecule has 3 N–H and O–H groups in total. The first kappa shape index (κ1) is 20.8. The summed E-state index contributed by atoms with van der Waals surface area (Å²) in [6.07, 6.45) is 1.23. The molecular weight excluding hydrogens is 423 g/mol. The lowest BCUT2D eigenvalue weighted by Crippen LogP contribution is -2.24. The van der Waals surface area contributed by atoms with E-state index in [-0.39, 0.29) is 35.8 Å². The van der Waals surface area contributed by atoms with Crippen molar-refractivity contribution in [3.05, 3.63) is 87.0 Å². The number of ether oxygens (including phenoxy) is 1. The normalized spacial score (nSPS) is 10.6. The molecule has 3 aromatic rings. The fraction of sp³-hybridized carbons (Fsp3) is 0.100. The molecule has 0 radical (unpaired) electrons. The SMILES string of the molecule is Nc1ncc(C(=O)NCc2c(F)cccc2F)cc1OCc1c(Cl)cccc1Cl. The van der Waals surface area contributed by atoms with Crippen LogP contribution in [0.15, 0.2) is 48.7 Å². The molecule has 0 bridgehead atoms. The minimum absolute atomic E-state index is 0.00982. The summed E-state index contributed by atoms with van der Waals surface area (Å²) in [6, 6.07) is 9.88. The van der Waals surface area contributed by atoms with Crippen molar-refractivity contribution in [2.45, 2.75) is 13.2 Å². The fourth-order valence-electron chi connectivity index (χ4n) is 2.49. The molecule has 0 aliphatic heterocycles. The van der Waals surface area contributed by atoms with Gasteiger partial charge in [0.15, 0.2) is 11.6 Å². The molecule has 29 heavy (non-hydrogen) atoms. The van der Waals surface area contributed by atoms with Crippen LogP contribution < -0.4 is 15.8 Å². The molecule has 0 unspecified atom stereocenters. The summed E-state index contributed by atoms with van der Waals surface area (Å²) in [5.41, 5.74) is 6.22. The first-order chi connectivity index (χ1) is 13.9. The number of aromatic nitrogens is 1. The van der Waals surface area contributed by atoms with Crippen molar-refractivity contribution in [2.24, 2.45) is 0 Å². The van der Waals surface area contributed by atoms with Crippen LogP contribution in [0.1, 0.15) is 21.5 Å². The van der Waals surface area contributed by atoms with E-state index in [2.05, 4.69) is 10.3 Å². The minimum Gasteiger partial charge on any atom is -0.485 e. The van der Waals surface area contributed by atoms with Crippen LogP contribution in [0.5, 0.6) is 5.75 Å². The molecule has 1 heterocycles. The standard InChI is InChI=1S/C20H15Cl2F2N3O2/c21-14-3-1-4-15(22)13(14)10-29-18-7-11(8-26-19(18)25)20(28)27-9-12-16(23)5-2-6-17(12)24/h1-8H,9-10H2,(H2,25,26)(H,27,28). The van der Waals surface area contributed by atoms with Gasteiger partial charge in [-0.2, -0.15) is 0 Å². The van der Waals surface area contributed by atoms with Gasteiger partial charge in [-0.25, -0.2) is 13.8 Å². The number of hydrogen-bond acceptors (Lipinski definition) is 4. The number of rotatable bonds is 6. The maximum absolute atomic E-state index is 13.7. The number of halogens is 4. The molecule has 0 spiro atoms. The van der Waals surface area contributed by atoms with E-state index < -0.39 is 17.5 Å². The van der Waals surface area contributed by atoms with E-state index in [9.17, 15) is 13.6 Å². The van der Waals surface area contributed by atoms with E-state index in [1.807, 2.05) is 0 Å². The van der Waals surface area contributed by atoms with Crippen molar-refractivity contribution in [1.29, 1.82) is 0 Å². The number of pyridine rings is 1. The van der Waals surface area contributed by atoms with Crippen molar-refractivity contribution in [2.75, 3.05) is 5.73 Å². The Bertz CT molecular complexity index is 1020. The molecule has 5 nitrogen and oxygen atoms in total. The largest absolute Gasteiger partial charge is 0.485 e. The molecule has 0 aliphatic rings. The highest BCUT2D eigenvalue weighted by atomic mass is 35.5. The van der Waals surface area contributed by atoms with Gasteiger partial charge in [-0.1, -0.05) is 35.3 Å². The lowest BCUT2D eigenvalue weighted by Gasteiger charge is -2.12. The number of anilines is 1. The van der Waals surface area contributed by atoms with E-state index in [1.54, 1.807) is 18.2 Å². The van der Waals surface area contributed by atoms with Crippen LogP contribution in [0.25, 0.3) is 0 Å². The molecule has 0 atom stereocenters. The van der Waals surface area contributed by atoms with Crippen LogP contribution >= 0.6 is 23.2 Å². The number of nitrogens with zero attached hydrogens (tertiary/aromatic N) is 1. The smallest absolute Gasteiger partial charge is 0.253 e. The Morgan fingerprint density at radius 1 is 1.07 bits per heavy atom. The summed E-state index contributed by atoms with van der Waals surface area (Å²) < 4.78 is 33.0. The van der Waals surface area contributed by atoms with Crippen LogP contribution in [-0.2, 0) is 13.2 Å². The Morgan fingerprint density at radius 2 is 1.69 bits per heavy atom. The third-order valence-electron chi connectivity index (χ3n) is 4.07. The van der Waals surface area contributed by atoms with Crippen molar-refractivity contribution in [3.8, 4) is 5.75 Å². The van der Waals surface area contributed by atoms with E-state index in [1.165, 1.54) is 18.3 Å². The van der Waals surface area contributed by atoms with Crippen LogP contribution in [-0.4, -0.2) is 10.9 Å². The Morgan fingerprint density at radius 3 is 2.34 bits per heavy atom. The summed E-state index contributed by atoms with van der Waals surface area (Å²) in [5.74, 6) is -1.89. The van der Waals surface area contributed by atoms with Gasteiger partial charge >= 0.3 is 0 Å². The summed E-state index contributed by atoms with van der Waals surface area (Å²) in [5, 5.41) is 3.28. The highest BCUT2D eigenvalue weighted by molar-refractivity contribution is 6.35. The lowest BCUT2D eigenvalue weighted by molar-refractivity contribution is 0.0949. The lowest BCUT2D eigenvalue weighted by atomic mass is 10.2. The molecule has 0 fully saturated rings. The zero-order valence-corrected chi connectivity index (χ0v) is 16.4. The molecule has 0 aliphatic carbocycles. The number of hydrogen-bond donors (Lipinski definition) is 2. The molecule has 1 aromatic heterocycles. The molecule has 1 amide bonds. The van der Waals surface area contributed by atoms with Gasteiger partial charge in [0.1, 0.15) is 18.2 Å². The number of carbonyl (C=O) groups excluding carboxylic acids is 1. The van der Waals surface area contributed by atoms with Crippen LogP contribution in [0.2, 0.25) is 10.0 Å². The molecule has 3 rings (SSSR count). The summed E-state index contributed by atoms with van der Waals surface area (Å²) in [7, 11) is 0. The zero-order valence-electron chi connectivity index (χ0n) is 14.9. The predicted molar refractivity (Wildman–Crippen MR) is 107 cm³/mol. The average molecular weight is 438 g/mol. The fourth-order valence-corrected chi connectivity index (χ4v) is 2.99. The van der Waals surface area contributed by atoms with Gasteiger partial charge in [0, 0.05) is 33.9 Å². The second-order valence-electron chi connectivity index (χ2n) is 5.98. The topological polar surface area (TPSA) is 77.2 Å². The van der Waals surface area contributed by atoms with Crippen LogP contribution in [0.3, 0.4) is 0 Å². The summed E-state index contributed by atoms with van der Waals surface area (Å²) in [6.45, 7) is -0.316. The Labute approximate surface area is 175 Å². The van der Waals surface area contributed by atoms with Crippen molar-refractivity contribution in [3.63, 3.8) is 0 Å². The highest BCUT2D eigenvalue weighted by Gasteiger charge is 2.14. The molecule has 0 saturated heterocycles. The number of nitrogens with two attached hydrogens (primary N) is 1. The van der Waals surface area contributed by atoms with Crippen LogP contribution in [0.4, 0.5) is 14.6 Å². The van der Waals surface area contributed by atoms with Gasteiger partial charge in [-0.3, -0.25) is 4.79 Å². The Hall–Kier alpha value is -2.90. The van der Waals surface area contributed by atoms with Gasteiger partial charge in [-0.05, 0) is 30.3 Å². The number of carbonyl (C=O) groups is 1. The van der Waals surface area contributed by atoms with Crippen molar-refractivity contribution >= 4 is 34.9 Å². The quantitative estimate of drug-likeness (QED) is 0.582. The highest BCUT2D eigenvalue weighted by Crippen LogP contribution is 2.27. The maximum atomic E-state index is 13.7. The monoisotopic (exact) mass is 437 g/mol. The molecular formula is C20H15Cl2F2N3O2. The Balaban J connectivity index is 1.72. The van der Waals surface area contributed by atoms with Gasteiger partial charge in [0.25, 0.3) is 5.91 Å². The van der Waals surface area contributed by atoms with E-state index in [0.717, 1.165) is 12.1 Å². The van der Waals surface area contributed by atoms with Gasteiger partial charge in [-0.15, -0.1) is 0 Å². The molecule has 9 heteroatoms. The maximum Gasteiger partial charge on any atom is 0.253 e. The van der Waals surface area contributed by atoms with Gasteiger partial charge in [0.05, 0.1) is 5.56 Å². The van der Waals surface area contributed by atoms with Gasteiger partial charge in [0.2, 0.25) is 0 Å². The molecule has 150 valence electrons. The van der Waals surface area contributed by atoms with Crippen LogP contribution in [0, 0.1) is 11.6 Å². The predicted octanol–water partition coefficient (Wildman–Crippen LogP) is 4.76. The Kier molecular flexibility index (Phi) is 6.51. The second kappa shape index (κ2) is 9.07. The average Bonchev–Trinajstić information content (AvgIpc) is 2.68. The number of benzene rings is 2. The third-order valence-corrected chi connectivity index (χ3v) is 4.77. The number of nitrogens with one attached hydrogen (secondary N) is 1. The molecule has 2 aromatic carbocycles.